The first-order valence-electron chi connectivity index (χ1n) is 4.82. The molecule has 0 aliphatic rings. The zero-order valence-electron chi connectivity index (χ0n) is 8.91. The van der Waals surface area contributed by atoms with E-state index in [9.17, 15) is 0 Å². The largest absolute Gasteiger partial charge is 0.382 e. The number of azo groups is 1. The molecule has 86 valence electrons. The van der Waals surface area contributed by atoms with Gasteiger partial charge in [-0.15, -0.1) is 5.11 Å². The van der Waals surface area contributed by atoms with Gasteiger partial charge in [0.05, 0.1) is 5.69 Å². The molecule has 0 aliphatic carbocycles. The van der Waals surface area contributed by atoms with Crippen LogP contribution in [-0.2, 0) is 0 Å². The topological polar surface area (TPSA) is 129 Å². The van der Waals surface area contributed by atoms with E-state index in [4.69, 9.17) is 17.2 Å². The minimum absolute atomic E-state index is 0.0126. The van der Waals surface area contributed by atoms with Crippen LogP contribution >= 0.6 is 0 Å². The first-order valence-corrected chi connectivity index (χ1v) is 4.82. The van der Waals surface area contributed by atoms with Gasteiger partial charge in [0, 0.05) is 0 Å². The molecule has 7 heteroatoms. The SMILES string of the molecule is Nc1nc(N)c(/N=N/c2ccccc2)c(N)n1. The van der Waals surface area contributed by atoms with Gasteiger partial charge < -0.3 is 17.2 Å². The summed E-state index contributed by atoms with van der Waals surface area (Å²) in [5.41, 5.74) is 17.5. The highest BCUT2D eigenvalue weighted by Gasteiger charge is 2.07. The first-order chi connectivity index (χ1) is 8.16. The molecule has 0 aliphatic heterocycles. The van der Waals surface area contributed by atoms with Gasteiger partial charge in [0.25, 0.3) is 0 Å². The molecule has 0 saturated carbocycles. The molecule has 2 aromatic rings. The maximum absolute atomic E-state index is 5.62. The molecule has 0 atom stereocenters. The summed E-state index contributed by atoms with van der Waals surface area (Å²) in [6.45, 7) is 0. The lowest BCUT2D eigenvalue weighted by Gasteiger charge is -2.02. The molecular formula is C10H11N7. The summed E-state index contributed by atoms with van der Waals surface area (Å²) in [5, 5.41) is 7.88. The van der Waals surface area contributed by atoms with Crippen molar-refractivity contribution >= 4 is 29.0 Å². The monoisotopic (exact) mass is 229 g/mol. The average molecular weight is 229 g/mol. The van der Waals surface area contributed by atoms with Gasteiger partial charge in [0.1, 0.15) is 0 Å². The van der Waals surface area contributed by atoms with Crippen molar-refractivity contribution in [1.82, 2.24) is 9.97 Å². The Morgan fingerprint density at radius 3 is 2.00 bits per heavy atom. The van der Waals surface area contributed by atoms with Crippen LogP contribution in [0.3, 0.4) is 0 Å². The maximum Gasteiger partial charge on any atom is 0.224 e. The van der Waals surface area contributed by atoms with Crippen molar-refractivity contribution in [3.8, 4) is 0 Å². The Labute approximate surface area is 97.4 Å². The standard InChI is InChI=1S/C10H11N7/c11-8-7(9(12)15-10(13)14-8)17-16-6-4-2-1-3-5-6/h1-5H,(H6,11,12,13,14,15)/b17-16+. The van der Waals surface area contributed by atoms with Gasteiger partial charge >= 0.3 is 0 Å². The summed E-state index contributed by atoms with van der Waals surface area (Å²) in [4.78, 5) is 7.51. The van der Waals surface area contributed by atoms with Crippen LogP contribution in [-0.4, -0.2) is 9.97 Å². The van der Waals surface area contributed by atoms with E-state index in [-0.39, 0.29) is 23.3 Å². The average Bonchev–Trinajstić information content (AvgIpc) is 2.29. The van der Waals surface area contributed by atoms with Gasteiger partial charge in [0.15, 0.2) is 17.3 Å². The number of nitrogens with two attached hydrogens (primary N) is 3. The second-order valence-corrected chi connectivity index (χ2v) is 3.24. The van der Waals surface area contributed by atoms with Gasteiger partial charge in [-0.1, -0.05) is 18.2 Å². The highest BCUT2D eigenvalue weighted by molar-refractivity contribution is 5.71. The zero-order valence-corrected chi connectivity index (χ0v) is 8.91. The Hall–Kier alpha value is -2.70. The van der Waals surface area contributed by atoms with Gasteiger partial charge in [0.2, 0.25) is 5.95 Å². The quantitative estimate of drug-likeness (QED) is 0.674. The summed E-state index contributed by atoms with van der Waals surface area (Å²) in [6, 6.07) is 9.18. The van der Waals surface area contributed by atoms with E-state index >= 15 is 0 Å². The molecule has 0 unspecified atom stereocenters. The van der Waals surface area contributed by atoms with Crippen LogP contribution in [0.25, 0.3) is 0 Å². The van der Waals surface area contributed by atoms with Crippen LogP contribution in [0.1, 0.15) is 0 Å². The number of anilines is 3. The highest BCUT2D eigenvalue weighted by atomic mass is 15.2. The lowest BCUT2D eigenvalue weighted by atomic mass is 10.3. The van der Waals surface area contributed by atoms with Crippen molar-refractivity contribution < 1.29 is 0 Å². The molecule has 0 saturated heterocycles. The van der Waals surface area contributed by atoms with Gasteiger partial charge in [-0.25, -0.2) is 0 Å². The maximum atomic E-state index is 5.62. The molecule has 17 heavy (non-hydrogen) atoms. The number of aromatic nitrogens is 2. The van der Waals surface area contributed by atoms with E-state index in [1.807, 2.05) is 18.2 Å². The smallest absolute Gasteiger partial charge is 0.224 e. The zero-order chi connectivity index (χ0) is 12.3. The second kappa shape index (κ2) is 4.44. The molecular weight excluding hydrogens is 218 g/mol. The number of rotatable bonds is 2. The van der Waals surface area contributed by atoms with Crippen LogP contribution in [0.15, 0.2) is 40.6 Å². The minimum Gasteiger partial charge on any atom is -0.382 e. The fourth-order valence-corrected chi connectivity index (χ4v) is 1.21. The molecule has 0 amide bonds. The van der Waals surface area contributed by atoms with E-state index in [1.165, 1.54) is 0 Å². The van der Waals surface area contributed by atoms with Crippen molar-refractivity contribution in [2.24, 2.45) is 10.2 Å². The Morgan fingerprint density at radius 2 is 1.41 bits per heavy atom. The molecule has 1 heterocycles. The van der Waals surface area contributed by atoms with Crippen molar-refractivity contribution in [2.75, 3.05) is 17.2 Å². The fourth-order valence-electron chi connectivity index (χ4n) is 1.21. The summed E-state index contributed by atoms with van der Waals surface area (Å²) >= 11 is 0. The van der Waals surface area contributed by atoms with Crippen LogP contribution in [0.4, 0.5) is 29.0 Å². The Kier molecular flexibility index (Phi) is 2.82. The third-order valence-electron chi connectivity index (χ3n) is 1.98. The number of nitrogens with zero attached hydrogens (tertiary/aromatic N) is 4. The summed E-state index contributed by atoms with van der Waals surface area (Å²) in [7, 11) is 0. The lowest BCUT2D eigenvalue weighted by molar-refractivity contribution is 1.15. The summed E-state index contributed by atoms with van der Waals surface area (Å²) < 4.78 is 0. The van der Waals surface area contributed by atoms with Crippen LogP contribution < -0.4 is 17.2 Å². The van der Waals surface area contributed by atoms with E-state index in [1.54, 1.807) is 12.1 Å². The number of hydrogen-bond donors (Lipinski definition) is 3. The van der Waals surface area contributed by atoms with E-state index < -0.39 is 0 Å². The highest BCUT2D eigenvalue weighted by Crippen LogP contribution is 2.28. The third kappa shape index (κ3) is 2.46. The van der Waals surface area contributed by atoms with E-state index in [2.05, 4.69) is 20.2 Å². The molecule has 7 nitrogen and oxygen atoms in total. The van der Waals surface area contributed by atoms with Crippen molar-refractivity contribution in [3.63, 3.8) is 0 Å². The summed E-state index contributed by atoms with van der Waals surface area (Å²) in [5.74, 6) is 0.225. The van der Waals surface area contributed by atoms with E-state index in [0.717, 1.165) is 0 Å². The molecule has 1 aromatic carbocycles. The molecule has 0 bridgehead atoms. The van der Waals surface area contributed by atoms with Crippen LogP contribution in [0.2, 0.25) is 0 Å². The number of benzene rings is 1. The Balaban J connectivity index is 2.34. The Bertz CT molecular complexity index is 527. The van der Waals surface area contributed by atoms with Crippen LogP contribution in [0.5, 0.6) is 0 Å². The molecule has 0 fully saturated rings. The second-order valence-electron chi connectivity index (χ2n) is 3.24. The molecule has 6 N–H and O–H groups in total. The molecule has 1 aromatic heterocycles. The summed E-state index contributed by atoms with van der Waals surface area (Å²) in [6.07, 6.45) is 0. The van der Waals surface area contributed by atoms with E-state index in [0.29, 0.717) is 5.69 Å². The number of nitrogen functional groups attached to an aromatic ring is 3. The third-order valence-corrected chi connectivity index (χ3v) is 1.98. The predicted octanol–water partition coefficient (Wildman–Crippen LogP) is 1.64. The van der Waals surface area contributed by atoms with Gasteiger partial charge in [-0.3, -0.25) is 0 Å². The molecule has 2 rings (SSSR count). The van der Waals surface area contributed by atoms with Gasteiger partial charge in [-0.2, -0.15) is 15.1 Å². The van der Waals surface area contributed by atoms with Crippen LogP contribution in [0, 0.1) is 0 Å². The molecule has 0 spiro atoms. The van der Waals surface area contributed by atoms with Crippen molar-refractivity contribution in [3.05, 3.63) is 30.3 Å². The fraction of sp³-hybridized carbons (Fsp3) is 0. The minimum atomic E-state index is 0.0126. The van der Waals surface area contributed by atoms with Gasteiger partial charge in [-0.05, 0) is 12.1 Å². The predicted molar refractivity (Wildman–Crippen MR) is 65.9 cm³/mol. The molecule has 0 radical (unpaired) electrons. The number of hydrogen-bond acceptors (Lipinski definition) is 7. The normalized spacial score (nSPS) is 10.8. The van der Waals surface area contributed by atoms with Crippen molar-refractivity contribution in [2.45, 2.75) is 0 Å². The first kappa shape index (κ1) is 10.8. The van der Waals surface area contributed by atoms with Crippen molar-refractivity contribution in [1.29, 1.82) is 0 Å². The Morgan fingerprint density at radius 1 is 0.824 bits per heavy atom. The lowest BCUT2D eigenvalue weighted by Crippen LogP contribution is -2.03.